The Labute approximate surface area is 116 Å². The van der Waals surface area contributed by atoms with Gasteiger partial charge in [-0.1, -0.05) is 13.8 Å². The molecule has 3 atom stereocenters. The van der Waals surface area contributed by atoms with E-state index in [2.05, 4.69) is 18.7 Å². The summed E-state index contributed by atoms with van der Waals surface area (Å²) in [5.74, 6) is 0.172. The molecule has 2 fully saturated rings. The lowest BCUT2D eigenvalue weighted by molar-refractivity contribution is -0.141. The number of carbonyl (C=O) groups is 1. The van der Waals surface area contributed by atoms with E-state index < -0.39 is 0 Å². The highest BCUT2D eigenvalue weighted by Crippen LogP contribution is 2.23. The van der Waals surface area contributed by atoms with Crippen molar-refractivity contribution in [2.24, 2.45) is 5.73 Å². The molecule has 0 aromatic carbocycles. The minimum absolute atomic E-state index is 0.0788. The van der Waals surface area contributed by atoms with Gasteiger partial charge in [0.2, 0.25) is 0 Å². The number of nitrogens with zero attached hydrogens (tertiary/aromatic N) is 2. The maximum Gasteiger partial charge on any atom is 0.251 e. The first-order valence-corrected chi connectivity index (χ1v) is 7.57. The summed E-state index contributed by atoms with van der Waals surface area (Å²) in [5, 5.41) is 0. The van der Waals surface area contributed by atoms with E-state index in [4.69, 9.17) is 10.5 Å². The molecule has 2 heterocycles. The summed E-state index contributed by atoms with van der Waals surface area (Å²) in [6.07, 6.45) is 2.66. The predicted octanol–water partition coefficient (Wildman–Crippen LogP) is 0.435. The molecule has 1 amide bonds. The number of nitrogens with two attached hydrogens (primary N) is 1. The normalized spacial score (nSPS) is 31.4. The average molecular weight is 269 g/mol. The van der Waals surface area contributed by atoms with Crippen molar-refractivity contribution in [3.63, 3.8) is 0 Å². The quantitative estimate of drug-likeness (QED) is 0.786. The van der Waals surface area contributed by atoms with Crippen LogP contribution >= 0.6 is 0 Å². The number of carbonyl (C=O) groups excluding carboxylic acids is 1. The molecule has 2 aliphatic rings. The zero-order valence-corrected chi connectivity index (χ0v) is 12.2. The third-order valence-electron chi connectivity index (χ3n) is 4.45. The molecule has 2 N–H and O–H groups in total. The second-order valence-electron chi connectivity index (χ2n) is 5.51. The number of hydrogen-bond acceptors (Lipinski definition) is 4. The number of likely N-dealkylation sites (tertiary alicyclic amines) is 1. The Kier molecular flexibility index (Phi) is 5.19. The Hall–Kier alpha value is -0.650. The van der Waals surface area contributed by atoms with Crippen LogP contribution in [-0.2, 0) is 9.53 Å². The molecule has 2 aliphatic heterocycles. The summed E-state index contributed by atoms with van der Waals surface area (Å²) in [6.45, 7) is 8.71. The summed E-state index contributed by atoms with van der Waals surface area (Å²) in [4.78, 5) is 16.8. The highest BCUT2D eigenvalue weighted by Gasteiger charge is 2.36. The van der Waals surface area contributed by atoms with E-state index in [0.29, 0.717) is 12.6 Å². The molecule has 19 heavy (non-hydrogen) atoms. The van der Waals surface area contributed by atoms with Gasteiger partial charge in [0, 0.05) is 25.7 Å². The van der Waals surface area contributed by atoms with Crippen molar-refractivity contribution in [3.8, 4) is 0 Å². The van der Waals surface area contributed by atoms with E-state index in [-0.39, 0.29) is 18.1 Å². The Bertz CT molecular complexity index is 307. The van der Waals surface area contributed by atoms with Gasteiger partial charge >= 0.3 is 0 Å². The van der Waals surface area contributed by atoms with E-state index in [1.54, 1.807) is 0 Å². The smallest absolute Gasteiger partial charge is 0.251 e. The molecular formula is C14H27N3O2. The molecule has 3 unspecified atom stereocenters. The van der Waals surface area contributed by atoms with Crippen molar-refractivity contribution < 1.29 is 9.53 Å². The zero-order chi connectivity index (χ0) is 13.8. The molecule has 0 aliphatic carbocycles. The average Bonchev–Trinajstić information content (AvgIpc) is 3.08. The van der Waals surface area contributed by atoms with Crippen LogP contribution in [0.25, 0.3) is 0 Å². The van der Waals surface area contributed by atoms with Crippen molar-refractivity contribution in [1.29, 1.82) is 0 Å². The van der Waals surface area contributed by atoms with Gasteiger partial charge in [0.1, 0.15) is 6.10 Å². The second kappa shape index (κ2) is 6.68. The van der Waals surface area contributed by atoms with Crippen LogP contribution in [0, 0.1) is 0 Å². The van der Waals surface area contributed by atoms with Gasteiger partial charge in [-0.15, -0.1) is 0 Å². The Morgan fingerprint density at radius 3 is 2.63 bits per heavy atom. The van der Waals surface area contributed by atoms with Crippen LogP contribution in [0.1, 0.15) is 33.1 Å². The van der Waals surface area contributed by atoms with Gasteiger partial charge in [0.15, 0.2) is 0 Å². The highest BCUT2D eigenvalue weighted by molar-refractivity contribution is 5.81. The van der Waals surface area contributed by atoms with Crippen LogP contribution in [0.2, 0.25) is 0 Å². The number of rotatable bonds is 5. The van der Waals surface area contributed by atoms with Crippen LogP contribution in [0.5, 0.6) is 0 Å². The SMILES string of the molecule is CCN(CC)C1CCN(C(=O)C2CCC(CN)O2)C1. The lowest BCUT2D eigenvalue weighted by Gasteiger charge is -2.26. The molecule has 5 heteroatoms. The van der Waals surface area contributed by atoms with Gasteiger partial charge in [0.25, 0.3) is 5.91 Å². The molecule has 0 aromatic rings. The molecule has 0 aromatic heterocycles. The topological polar surface area (TPSA) is 58.8 Å². The fourth-order valence-electron chi connectivity index (χ4n) is 3.24. The lowest BCUT2D eigenvalue weighted by atomic mass is 10.2. The van der Waals surface area contributed by atoms with Crippen molar-refractivity contribution in [2.75, 3.05) is 32.7 Å². The maximum atomic E-state index is 12.4. The van der Waals surface area contributed by atoms with Crippen LogP contribution in [0.4, 0.5) is 0 Å². The molecule has 0 radical (unpaired) electrons. The van der Waals surface area contributed by atoms with Crippen molar-refractivity contribution in [3.05, 3.63) is 0 Å². The maximum absolute atomic E-state index is 12.4. The van der Waals surface area contributed by atoms with Gasteiger partial charge in [-0.05, 0) is 32.4 Å². The van der Waals surface area contributed by atoms with E-state index in [9.17, 15) is 4.79 Å². The van der Waals surface area contributed by atoms with Crippen molar-refractivity contribution in [1.82, 2.24) is 9.80 Å². The van der Waals surface area contributed by atoms with E-state index >= 15 is 0 Å². The number of amides is 1. The molecule has 5 nitrogen and oxygen atoms in total. The van der Waals surface area contributed by atoms with Gasteiger partial charge in [-0.3, -0.25) is 9.69 Å². The minimum atomic E-state index is -0.246. The largest absolute Gasteiger partial charge is 0.364 e. The van der Waals surface area contributed by atoms with Crippen LogP contribution in [-0.4, -0.2) is 66.7 Å². The van der Waals surface area contributed by atoms with Crippen molar-refractivity contribution in [2.45, 2.75) is 51.4 Å². The number of likely N-dealkylation sites (N-methyl/N-ethyl adjacent to an activating group) is 1. The molecule has 0 spiro atoms. The van der Waals surface area contributed by atoms with Crippen LogP contribution in [0.15, 0.2) is 0 Å². The third kappa shape index (κ3) is 3.27. The Morgan fingerprint density at radius 1 is 1.32 bits per heavy atom. The zero-order valence-electron chi connectivity index (χ0n) is 12.2. The monoisotopic (exact) mass is 269 g/mol. The molecular weight excluding hydrogens is 242 g/mol. The van der Waals surface area contributed by atoms with Crippen LogP contribution in [0.3, 0.4) is 0 Å². The van der Waals surface area contributed by atoms with Gasteiger partial charge in [-0.2, -0.15) is 0 Å². The summed E-state index contributed by atoms with van der Waals surface area (Å²) < 4.78 is 5.70. The van der Waals surface area contributed by atoms with Gasteiger partial charge < -0.3 is 15.4 Å². The fraction of sp³-hybridized carbons (Fsp3) is 0.929. The fourth-order valence-corrected chi connectivity index (χ4v) is 3.24. The first-order valence-electron chi connectivity index (χ1n) is 7.57. The summed E-state index contributed by atoms with van der Waals surface area (Å²) in [5.41, 5.74) is 5.59. The standard InChI is InChI=1S/C14H27N3O2/c1-3-16(4-2)11-7-8-17(10-11)14(18)13-6-5-12(9-15)19-13/h11-13H,3-10,15H2,1-2H3. The first kappa shape index (κ1) is 14.8. The van der Waals surface area contributed by atoms with Crippen LogP contribution < -0.4 is 5.73 Å². The van der Waals surface area contributed by atoms with E-state index in [1.807, 2.05) is 4.90 Å². The first-order chi connectivity index (χ1) is 9.19. The van der Waals surface area contributed by atoms with Gasteiger partial charge in [-0.25, -0.2) is 0 Å². The Morgan fingerprint density at radius 2 is 2.05 bits per heavy atom. The predicted molar refractivity (Wildman–Crippen MR) is 74.9 cm³/mol. The molecule has 0 saturated carbocycles. The Balaban J connectivity index is 1.85. The summed E-state index contributed by atoms with van der Waals surface area (Å²) in [7, 11) is 0. The van der Waals surface area contributed by atoms with Crippen molar-refractivity contribution >= 4 is 5.91 Å². The van der Waals surface area contributed by atoms with E-state index in [0.717, 1.165) is 45.4 Å². The highest BCUT2D eigenvalue weighted by atomic mass is 16.5. The molecule has 2 saturated heterocycles. The summed E-state index contributed by atoms with van der Waals surface area (Å²) in [6, 6.07) is 0.519. The molecule has 0 bridgehead atoms. The number of ether oxygens (including phenoxy) is 1. The second-order valence-corrected chi connectivity index (χ2v) is 5.51. The van der Waals surface area contributed by atoms with E-state index in [1.165, 1.54) is 0 Å². The lowest BCUT2D eigenvalue weighted by Crippen LogP contribution is -2.42. The summed E-state index contributed by atoms with van der Waals surface area (Å²) >= 11 is 0. The number of hydrogen-bond donors (Lipinski definition) is 1. The van der Waals surface area contributed by atoms with Gasteiger partial charge in [0.05, 0.1) is 6.10 Å². The molecule has 110 valence electrons. The minimum Gasteiger partial charge on any atom is -0.364 e. The third-order valence-corrected chi connectivity index (χ3v) is 4.45. The molecule has 2 rings (SSSR count).